The molecule has 7 nitrogen and oxygen atoms in total. The Morgan fingerprint density at radius 2 is 1.41 bits per heavy atom. The van der Waals surface area contributed by atoms with Crippen LogP contribution in [0, 0.1) is 10.8 Å². The van der Waals surface area contributed by atoms with Gasteiger partial charge in [0.15, 0.2) is 17.3 Å². The number of Topliss-reactive ketones (excluding diaryl/α,β-unsaturated/α-hetero) is 2. The number of methoxy groups -OCH3 is 1. The van der Waals surface area contributed by atoms with Crippen LogP contribution in [0.4, 0.5) is 0 Å². The fraction of sp³-hybridized carbons (Fsp3) is 0.400. The molecular weight excluding hydrogens is 538 g/mol. The monoisotopic (exact) mass is 569 g/mol. The van der Waals surface area contributed by atoms with Crippen LogP contribution >= 0.6 is 11.6 Å². The average molecular weight is 570 g/mol. The molecule has 0 atom stereocenters. The van der Waals surface area contributed by atoms with E-state index in [1.54, 1.807) is 30.3 Å². The lowest BCUT2D eigenvalue weighted by Gasteiger charge is -2.44. The third kappa shape index (κ3) is 5.12. The Hall–Kier alpha value is -3.10. The van der Waals surface area contributed by atoms with Crippen molar-refractivity contribution in [1.29, 1.82) is 0 Å². The molecule has 0 aromatic heterocycles. The number of rotatable bonds is 5. The van der Waals surface area contributed by atoms with Gasteiger partial charge in [0.25, 0.3) is 0 Å². The first-order valence-corrected chi connectivity index (χ1v) is 14.7. The Kier molecular flexibility index (Phi) is 6.71. The smallest absolute Gasteiger partial charge is 0.339 e. The van der Waals surface area contributed by atoms with E-state index >= 15 is 0 Å². The molecule has 1 N–H and O–H groups in total. The highest BCUT2D eigenvalue weighted by Crippen LogP contribution is 2.52. The van der Waals surface area contributed by atoms with Crippen LogP contribution in [0.2, 0.25) is 5.02 Å². The molecule has 5 rings (SSSR count). The summed E-state index contributed by atoms with van der Waals surface area (Å²) in [5, 5.41) is 3.48. The van der Waals surface area contributed by atoms with E-state index in [1.807, 2.05) is 0 Å². The van der Waals surface area contributed by atoms with Crippen LogP contribution in [0.25, 0.3) is 0 Å². The van der Waals surface area contributed by atoms with Gasteiger partial charge >= 0.3 is 10.1 Å². The summed E-state index contributed by atoms with van der Waals surface area (Å²) in [5.41, 5.74) is 2.90. The van der Waals surface area contributed by atoms with Crippen molar-refractivity contribution in [2.24, 2.45) is 10.8 Å². The molecule has 3 aliphatic rings. The standard InChI is InChI=1S/C30H32ClNO6S/c1-29(2)13-20-26(22(33)15-29)25(27-21(32-20)14-30(3,4)16-23(27)34)17-11-19(31)28(24(12-17)37-5)38-39(35,36)18-9-7-6-8-10-18/h6-12,25,32H,13-16H2,1-5H3. The van der Waals surface area contributed by atoms with Crippen molar-refractivity contribution in [2.75, 3.05) is 7.11 Å². The van der Waals surface area contributed by atoms with Crippen molar-refractivity contribution in [3.8, 4) is 11.5 Å². The maximum absolute atomic E-state index is 13.6. The number of carbonyl (C=O) groups is 2. The van der Waals surface area contributed by atoms with E-state index in [0.29, 0.717) is 42.4 Å². The number of dihydropyridines is 1. The molecule has 0 spiro atoms. The highest BCUT2D eigenvalue weighted by atomic mass is 35.5. The first kappa shape index (κ1) is 27.5. The molecule has 0 saturated heterocycles. The van der Waals surface area contributed by atoms with Crippen molar-refractivity contribution in [2.45, 2.75) is 64.2 Å². The number of hydrogen-bond acceptors (Lipinski definition) is 7. The summed E-state index contributed by atoms with van der Waals surface area (Å²) in [6.45, 7) is 8.24. The molecule has 0 radical (unpaired) electrons. The molecule has 9 heteroatoms. The van der Waals surface area contributed by atoms with Gasteiger partial charge < -0.3 is 14.2 Å². The topological polar surface area (TPSA) is 98.8 Å². The average Bonchev–Trinajstić information content (AvgIpc) is 2.82. The summed E-state index contributed by atoms with van der Waals surface area (Å²) in [5.74, 6) is -0.757. The summed E-state index contributed by atoms with van der Waals surface area (Å²) < 4.78 is 36.9. The normalized spacial score (nSPS) is 20.8. The van der Waals surface area contributed by atoms with Crippen molar-refractivity contribution >= 4 is 33.3 Å². The van der Waals surface area contributed by atoms with E-state index in [4.69, 9.17) is 20.5 Å². The van der Waals surface area contributed by atoms with Crippen LogP contribution < -0.4 is 14.2 Å². The molecular formula is C30H32ClNO6S. The number of ether oxygens (including phenoxy) is 1. The van der Waals surface area contributed by atoms with E-state index in [9.17, 15) is 18.0 Å². The molecule has 0 saturated carbocycles. The molecule has 1 heterocycles. The number of nitrogens with one attached hydrogen (secondary N) is 1. The highest BCUT2D eigenvalue weighted by molar-refractivity contribution is 7.87. The Morgan fingerprint density at radius 3 is 1.92 bits per heavy atom. The molecule has 2 aliphatic carbocycles. The summed E-state index contributed by atoms with van der Waals surface area (Å²) in [6, 6.07) is 10.9. The minimum atomic E-state index is -4.19. The quantitative estimate of drug-likeness (QED) is 0.435. The van der Waals surface area contributed by atoms with Gasteiger partial charge in [-0.15, -0.1) is 0 Å². The predicted molar refractivity (Wildman–Crippen MR) is 148 cm³/mol. The van der Waals surface area contributed by atoms with Gasteiger partial charge in [0.1, 0.15) is 4.90 Å². The summed E-state index contributed by atoms with van der Waals surface area (Å²) >= 11 is 6.65. The Labute approximate surface area is 234 Å². The summed E-state index contributed by atoms with van der Waals surface area (Å²) in [4.78, 5) is 27.1. The molecule has 0 bridgehead atoms. The lowest BCUT2D eigenvalue weighted by Crippen LogP contribution is -2.42. The van der Waals surface area contributed by atoms with Gasteiger partial charge in [0.2, 0.25) is 5.75 Å². The zero-order valence-corrected chi connectivity index (χ0v) is 24.3. The molecule has 39 heavy (non-hydrogen) atoms. The number of ketones is 2. The molecule has 206 valence electrons. The first-order valence-electron chi connectivity index (χ1n) is 12.9. The van der Waals surface area contributed by atoms with Gasteiger partial charge in [-0.1, -0.05) is 57.5 Å². The highest BCUT2D eigenvalue weighted by Gasteiger charge is 2.46. The van der Waals surface area contributed by atoms with Gasteiger partial charge in [-0.3, -0.25) is 9.59 Å². The molecule has 0 amide bonds. The van der Waals surface area contributed by atoms with Gasteiger partial charge in [-0.2, -0.15) is 8.42 Å². The first-order chi connectivity index (χ1) is 18.2. The van der Waals surface area contributed by atoms with Crippen molar-refractivity contribution in [1.82, 2.24) is 5.32 Å². The zero-order valence-electron chi connectivity index (χ0n) is 22.7. The Bertz CT molecular complexity index is 1500. The summed E-state index contributed by atoms with van der Waals surface area (Å²) in [7, 11) is -2.80. The third-order valence-electron chi connectivity index (χ3n) is 7.53. The van der Waals surface area contributed by atoms with E-state index in [2.05, 4.69) is 33.0 Å². The Balaban J connectivity index is 1.65. The van der Waals surface area contributed by atoms with Crippen molar-refractivity contribution < 1.29 is 26.9 Å². The van der Waals surface area contributed by atoms with Crippen LogP contribution in [0.15, 0.2) is 69.9 Å². The fourth-order valence-electron chi connectivity index (χ4n) is 5.95. The van der Waals surface area contributed by atoms with Crippen LogP contribution in [-0.4, -0.2) is 27.1 Å². The van der Waals surface area contributed by atoms with E-state index in [0.717, 1.165) is 11.4 Å². The third-order valence-corrected chi connectivity index (χ3v) is 9.05. The van der Waals surface area contributed by atoms with E-state index in [-0.39, 0.29) is 43.8 Å². The van der Waals surface area contributed by atoms with Gasteiger partial charge in [-0.05, 0) is 53.5 Å². The lowest BCUT2D eigenvalue weighted by atomic mass is 9.64. The van der Waals surface area contributed by atoms with Crippen molar-refractivity contribution in [3.05, 3.63) is 75.6 Å². The number of halogens is 1. The van der Waals surface area contributed by atoms with Crippen LogP contribution in [0.1, 0.15) is 64.9 Å². The largest absolute Gasteiger partial charge is 0.493 e. The molecule has 0 unspecified atom stereocenters. The molecule has 2 aromatic carbocycles. The predicted octanol–water partition coefficient (Wildman–Crippen LogP) is 6.09. The number of hydrogen-bond donors (Lipinski definition) is 1. The maximum atomic E-state index is 13.6. The number of carbonyl (C=O) groups excluding carboxylic acids is 2. The van der Waals surface area contributed by atoms with Crippen LogP contribution in [-0.2, 0) is 19.7 Å². The second-order valence-electron chi connectivity index (χ2n) is 12.1. The van der Waals surface area contributed by atoms with Crippen molar-refractivity contribution in [3.63, 3.8) is 0 Å². The van der Waals surface area contributed by atoms with Gasteiger partial charge in [0, 0.05) is 41.3 Å². The van der Waals surface area contributed by atoms with Crippen LogP contribution in [0.3, 0.4) is 0 Å². The summed E-state index contributed by atoms with van der Waals surface area (Å²) in [6.07, 6.45) is 2.04. The van der Waals surface area contributed by atoms with E-state index < -0.39 is 16.0 Å². The second-order valence-corrected chi connectivity index (χ2v) is 14.1. The molecule has 0 fully saturated rings. The maximum Gasteiger partial charge on any atom is 0.339 e. The SMILES string of the molecule is COc1cc(C2C3=C(CC(C)(C)CC3=O)NC3=C2C(=O)CC(C)(C)C3)cc(Cl)c1OS(=O)(=O)c1ccccc1. The van der Waals surface area contributed by atoms with E-state index in [1.165, 1.54) is 19.2 Å². The van der Waals surface area contributed by atoms with Crippen LogP contribution in [0.5, 0.6) is 11.5 Å². The minimum Gasteiger partial charge on any atom is -0.493 e. The minimum absolute atomic E-state index is 0.00105. The fourth-order valence-corrected chi connectivity index (χ4v) is 7.24. The zero-order chi connectivity index (χ0) is 28.3. The Morgan fingerprint density at radius 1 is 0.872 bits per heavy atom. The molecule has 1 aliphatic heterocycles. The number of allylic oxidation sites excluding steroid dienone is 4. The number of benzene rings is 2. The second kappa shape index (κ2) is 9.52. The van der Waals surface area contributed by atoms with Gasteiger partial charge in [-0.25, -0.2) is 0 Å². The lowest BCUT2D eigenvalue weighted by molar-refractivity contribution is -0.119. The molecule has 2 aromatic rings. The van der Waals surface area contributed by atoms with Gasteiger partial charge in [0.05, 0.1) is 12.1 Å².